The van der Waals surface area contributed by atoms with Crippen LogP contribution in [0.3, 0.4) is 0 Å². The number of esters is 1. The summed E-state index contributed by atoms with van der Waals surface area (Å²) in [5.41, 5.74) is 6.88. The lowest BCUT2D eigenvalue weighted by atomic mass is 10.4. The molecule has 0 amide bonds. The van der Waals surface area contributed by atoms with Crippen LogP contribution in [0.15, 0.2) is 11.9 Å². The molecular weight excluding hydrogens is 196 g/mol. The molecule has 15 heavy (non-hydrogen) atoms. The van der Waals surface area contributed by atoms with Gasteiger partial charge in [0.25, 0.3) is 0 Å². The first-order chi connectivity index (χ1) is 7.22. The van der Waals surface area contributed by atoms with Crippen LogP contribution in [0.4, 0.5) is 0 Å². The van der Waals surface area contributed by atoms with E-state index < -0.39 is 0 Å². The van der Waals surface area contributed by atoms with Gasteiger partial charge in [0.2, 0.25) is 0 Å². The van der Waals surface area contributed by atoms with Gasteiger partial charge in [-0.25, -0.2) is 0 Å². The van der Waals surface area contributed by atoms with E-state index in [-0.39, 0.29) is 5.97 Å². The van der Waals surface area contributed by atoms with Crippen molar-refractivity contribution in [1.82, 2.24) is 21.3 Å². The maximum Gasteiger partial charge on any atom is 0.307 e. The Hall–Kier alpha value is -1.27. The third-order valence-corrected chi connectivity index (χ3v) is 1.92. The Balaban J connectivity index is 2.03. The lowest BCUT2D eigenvalue weighted by Gasteiger charge is -2.14. The van der Waals surface area contributed by atoms with Gasteiger partial charge in [-0.3, -0.25) is 9.80 Å². The van der Waals surface area contributed by atoms with Gasteiger partial charge in [-0.15, -0.1) is 5.53 Å². The molecule has 0 saturated heterocycles. The molecule has 1 aliphatic rings. The molecule has 0 aliphatic carbocycles. The Labute approximate surface area is 89.6 Å². The summed E-state index contributed by atoms with van der Waals surface area (Å²) in [6, 6.07) is 0. The summed E-state index contributed by atoms with van der Waals surface area (Å²) in [7, 11) is 1.81. The highest BCUT2D eigenvalue weighted by atomic mass is 16.5. The maximum absolute atomic E-state index is 11.1. The molecule has 86 valence electrons. The van der Waals surface area contributed by atoms with Crippen molar-refractivity contribution in [3.63, 3.8) is 0 Å². The second-order valence-corrected chi connectivity index (χ2v) is 3.32. The van der Waals surface area contributed by atoms with Crippen LogP contribution in [-0.4, -0.2) is 37.7 Å². The lowest BCUT2D eigenvalue weighted by molar-refractivity contribution is -0.143. The SMILES string of the molecule is CNCCC(=O)OCCN1C=C(C)NN1. The van der Waals surface area contributed by atoms with E-state index in [2.05, 4.69) is 16.3 Å². The smallest absolute Gasteiger partial charge is 0.307 e. The second kappa shape index (κ2) is 6.26. The van der Waals surface area contributed by atoms with E-state index >= 15 is 0 Å². The number of nitrogens with zero attached hydrogens (tertiary/aromatic N) is 1. The fraction of sp³-hybridized carbons (Fsp3) is 0.667. The number of ether oxygens (including phenoxy) is 1. The van der Waals surface area contributed by atoms with Gasteiger partial charge in [0.15, 0.2) is 0 Å². The minimum Gasteiger partial charge on any atom is -0.464 e. The van der Waals surface area contributed by atoms with Gasteiger partial charge >= 0.3 is 5.97 Å². The van der Waals surface area contributed by atoms with Crippen LogP contribution in [-0.2, 0) is 9.53 Å². The van der Waals surface area contributed by atoms with Gasteiger partial charge in [-0.05, 0) is 14.0 Å². The van der Waals surface area contributed by atoms with Gasteiger partial charge in [0.1, 0.15) is 6.61 Å². The van der Waals surface area contributed by atoms with Crippen molar-refractivity contribution in [2.45, 2.75) is 13.3 Å². The molecule has 0 aromatic rings. The van der Waals surface area contributed by atoms with E-state index in [9.17, 15) is 4.79 Å². The number of nitrogens with one attached hydrogen (secondary N) is 3. The standard InChI is InChI=1S/C9H18N4O2/c1-8-7-13(12-11-8)5-6-15-9(14)3-4-10-2/h7,10-12H,3-6H2,1-2H3. The Bertz CT molecular complexity index is 242. The van der Waals surface area contributed by atoms with E-state index in [1.807, 2.05) is 18.1 Å². The number of carbonyl (C=O) groups excluding carboxylic acids is 1. The van der Waals surface area contributed by atoms with Crippen molar-refractivity contribution in [2.24, 2.45) is 0 Å². The number of allylic oxidation sites excluding steroid dienone is 1. The average Bonchev–Trinajstić information content (AvgIpc) is 2.61. The maximum atomic E-state index is 11.1. The van der Waals surface area contributed by atoms with E-state index in [1.54, 1.807) is 7.05 Å². The van der Waals surface area contributed by atoms with E-state index in [1.165, 1.54) is 0 Å². The molecule has 3 N–H and O–H groups in total. The van der Waals surface area contributed by atoms with Gasteiger partial charge in [0.05, 0.1) is 13.0 Å². The third-order valence-electron chi connectivity index (χ3n) is 1.92. The van der Waals surface area contributed by atoms with Crippen LogP contribution in [0.25, 0.3) is 0 Å². The zero-order chi connectivity index (χ0) is 11.1. The van der Waals surface area contributed by atoms with Gasteiger partial charge in [-0.2, -0.15) is 0 Å². The van der Waals surface area contributed by atoms with Crippen molar-refractivity contribution >= 4 is 5.97 Å². The molecule has 0 aromatic heterocycles. The number of hydrogen-bond donors (Lipinski definition) is 3. The molecule has 0 fully saturated rings. The molecule has 6 heteroatoms. The summed E-state index contributed by atoms with van der Waals surface area (Å²) >= 11 is 0. The highest BCUT2D eigenvalue weighted by Crippen LogP contribution is 1.97. The van der Waals surface area contributed by atoms with Gasteiger partial charge in [-0.1, -0.05) is 0 Å². The topological polar surface area (TPSA) is 65.6 Å². The molecule has 6 nitrogen and oxygen atoms in total. The summed E-state index contributed by atoms with van der Waals surface area (Å²) in [5, 5.41) is 4.73. The van der Waals surface area contributed by atoms with Crippen LogP contribution in [0, 0.1) is 0 Å². The Morgan fingerprint density at radius 2 is 2.47 bits per heavy atom. The molecule has 1 aliphatic heterocycles. The molecule has 0 radical (unpaired) electrons. The van der Waals surface area contributed by atoms with Crippen molar-refractivity contribution in [3.05, 3.63) is 11.9 Å². The molecular formula is C9H18N4O2. The average molecular weight is 214 g/mol. The lowest BCUT2D eigenvalue weighted by Crippen LogP contribution is -2.38. The van der Waals surface area contributed by atoms with Gasteiger partial charge in [0, 0.05) is 18.4 Å². The fourth-order valence-electron chi connectivity index (χ4n) is 1.14. The van der Waals surface area contributed by atoms with Crippen molar-refractivity contribution < 1.29 is 9.53 Å². The second-order valence-electron chi connectivity index (χ2n) is 3.32. The van der Waals surface area contributed by atoms with E-state index in [4.69, 9.17) is 4.74 Å². The van der Waals surface area contributed by atoms with Crippen LogP contribution in [0.5, 0.6) is 0 Å². The minimum atomic E-state index is -0.169. The molecule has 0 spiro atoms. The van der Waals surface area contributed by atoms with Crippen LogP contribution in [0.1, 0.15) is 13.3 Å². The molecule has 1 rings (SSSR count). The normalized spacial score (nSPS) is 14.8. The first-order valence-electron chi connectivity index (χ1n) is 4.99. The summed E-state index contributed by atoms with van der Waals surface area (Å²) in [4.78, 5) is 11.1. The van der Waals surface area contributed by atoms with Crippen LogP contribution >= 0.6 is 0 Å². The molecule has 0 saturated carbocycles. The van der Waals surface area contributed by atoms with Crippen molar-refractivity contribution in [2.75, 3.05) is 26.7 Å². The Kier molecular flexibility index (Phi) is 4.92. The molecule has 0 aromatic carbocycles. The van der Waals surface area contributed by atoms with Crippen molar-refractivity contribution in [3.8, 4) is 0 Å². The summed E-state index contributed by atoms with van der Waals surface area (Å²) in [6.45, 7) is 3.63. The number of carbonyl (C=O) groups is 1. The predicted octanol–water partition coefficient (Wildman–Crippen LogP) is -0.675. The quantitative estimate of drug-likeness (QED) is 0.509. The van der Waals surface area contributed by atoms with E-state index in [0.717, 1.165) is 5.70 Å². The molecule has 0 unspecified atom stereocenters. The monoisotopic (exact) mass is 214 g/mol. The van der Waals surface area contributed by atoms with Crippen LogP contribution < -0.4 is 16.3 Å². The zero-order valence-corrected chi connectivity index (χ0v) is 9.17. The van der Waals surface area contributed by atoms with Gasteiger partial charge < -0.3 is 15.5 Å². The number of rotatable bonds is 6. The molecule has 1 heterocycles. The van der Waals surface area contributed by atoms with Crippen LogP contribution in [0.2, 0.25) is 0 Å². The molecule has 0 bridgehead atoms. The molecule has 0 atom stereocenters. The van der Waals surface area contributed by atoms with E-state index in [0.29, 0.717) is 26.1 Å². The predicted molar refractivity (Wildman–Crippen MR) is 56.2 cm³/mol. The highest BCUT2D eigenvalue weighted by Gasteiger charge is 2.08. The number of hydrazine groups is 2. The van der Waals surface area contributed by atoms with Crippen molar-refractivity contribution in [1.29, 1.82) is 0 Å². The Morgan fingerprint density at radius 1 is 1.67 bits per heavy atom. The summed E-state index contributed by atoms with van der Waals surface area (Å²) in [6.07, 6.45) is 2.33. The summed E-state index contributed by atoms with van der Waals surface area (Å²) < 4.78 is 5.02. The zero-order valence-electron chi connectivity index (χ0n) is 9.17. The first-order valence-corrected chi connectivity index (χ1v) is 4.99. The minimum absolute atomic E-state index is 0.169. The highest BCUT2D eigenvalue weighted by molar-refractivity contribution is 5.69. The largest absolute Gasteiger partial charge is 0.464 e. The fourth-order valence-corrected chi connectivity index (χ4v) is 1.14. The summed E-state index contributed by atoms with van der Waals surface area (Å²) in [5.74, 6) is -0.169. The number of hydrogen-bond acceptors (Lipinski definition) is 6. The Morgan fingerprint density at radius 3 is 3.07 bits per heavy atom. The first kappa shape index (κ1) is 11.8. The third kappa shape index (κ3) is 4.66.